The highest BCUT2D eigenvalue weighted by Gasteiger charge is 2.39. The maximum atomic E-state index is 10.9. The first-order valence-corrected chi connectivity index (χ1v) is 5.32. The lowest BCUT2D eigenvalue weighted by Crippen LogP contribution is -2.51. The van der Waals surface area contributed by atoms with E-state index in [1.165, 1.54) is 0 Å². The third-order valence-corrected chi connectivity index (χ3v) is 3.15. The number of carboxylic acids is 1. The summed E-state index contributed by atoms with van der Waals surface area (Å²) in [6.07, 6.45) is 3.60. The second-order valence-electron chi connectivity index (χ2n) is 4.48. The lowest BCUT2D eigenvalue weighted by Gasteiger charge is -2.34. The quantitative estimate of drug-likeness (QED) is 0.487. The summed E-state index contributed by atoms with van der Waals surface area (Å²) in [5, 5.41) is 26.4. The Morgan fingerprint density at radius 1 is 1.53 bits per heavy atom. The molecule has 0 heterocycles. The van der Waals surface area contributed by atoms with Crippen molar-refractivity contribution in [2.45, 2.75) is 44.0 Å². The first kappa shape index (κ1) is 12.5. The Kier molecular flexibility index (Phi) is 4.13. The third kappa shape index (κ3) is 3.48. The molecule has 1 aliphatic rings. The van der Waals surface area contributed by atoms with Crippen LogP contribution in [0.3, 0.4) is 0 Å². The summed E-state index contributed by atoms with van der Waals surface area (Å²) in [6, 6.07) is 0. The maximum absolute atomic E-state index is 10.9. The molecule has 5 nitrogen and oxygen atoms in total. The summed E-state index contributed by atoms with van der Waals surface area (Å²) >= 11 is 0. The van der Waals surface area contributed by atoms with E-state index < -0.39 is 18.6 Å². The molecule has 1 saturated carbocycles. The summed E-state index contributed by atoms with van der Waals surface area (Å²) in [5.41, 5.74) is 4.67. The van der Waals surface area contributed by atoms with Crippen molar-refractivity contribution < 1.29 is 19.9 Å². The van der Waals surface area contributed by atoms with E-state index >= 15 is 0 Å². The van der Waals surface area contributed by atoms with Gasteiger partial charge in [0.15, 0.2) is 0 Å². The molecule has 5 N–H and O–H groups in total. The Morgan fingerprint density at radius 3 is 2.73 bits per heavy atom. The molecular formula is C9H18BNO4. The van der Waals surface area contributed by atoms with Gasteiger partial charge in [-0.15, -0.1) is 0 Å². The van der Waals surface area contributed by atoms with E-state index in [2.05, 4.69) is 0 Å². The molecular weight excluding hydrogens is 197 g/mol. The van der Waals surface area contributed by atoms with Gasteiger partial charge in [0.25, 0.3) is 0 Å². The van der Waals surface area contributed by atoms with Crippen molar-refractivity contribution in [2.75, 3.05) is 0 Å². The van der Waals surface area contributed by atoms with Gasteiger partial charge in [-0.2, -0.15) is 0 Å². The highest BCUT2D eigenvalue weighted by atomic mass is 16.4. The van der Waals surface area contributed by atoms with Gasteiger partial charge in [0.05, 0.1) is 0 Å². The normalized spacial score (nSPS) is 31.3. The van der Waals surface area contributed by atoms with Crippen LogP contribution in [-0.2, 0) is 4.79 Å². The average molecular weight is 215 g/mol. The number of aliphatic carboxylic acids is 1. The van der Waals surface area contributed by atoms with E-state index in [1.807, 2.05) is 0 Å². The minimum atomic E-state index is -1.30. The smallest absolute Gasteiger partial charge is 0.451 e. The van der Waals surface area contributed by atoms with Gasteiger partial charge < -0.3 is 20.9 Å². The molecule has 1 aliphatic carbocycles. The van der Waals surface area contributed by atoms with Crippen molar-refractivity contribution in [1.29, 1.82) is 0 Å². The number of carboxylic acid groups (broad SMARTS) is 1. The summed E-state index contributed by atoms with van der Waals surface area (Å²) < 4.78 is 0. The first-order chi connectivity index (χ1) is 6.94. The van der Waals surface area contributed by atoms with Crippen molar-refractivity contribution in [3.63, 3.8) is 0 Å². The molecule has 1 fully saturated rings. The SMILES string of the molecule is NC1(C(=O)O)CCC[C@@H](CCB(O)O)C1. The molecule has 0 radical (unpaired) electrons. The fourth-order valence-electron chi connectivity index (χ4n) is 2.25. The van der Waals surface area contributed by atoms with Crippen LogP contribution in [0.4, 0.5) is 0 Å². The Morgan fingerprint density at radius 2 is 2.20 bits per heavy atom. The summed E-state index contributed by atoms with van der Waals surface area (Å²) in [7, 11) is -1.30. The van der Waals surface area contributed by atoms with Crippen LogP contribution < -0.4 is 5.73 Å². The third-order valence-electron chi connectivity index (χ3n) is 3.15. The van der Waals surface area contributed by atoms with Gasteiger partial charge in [-0.1, -0.05) is 19.3 Å². The highest BCUT2D eigenvalue weighted by molar-refractivity contribution is 6.40. The zero-order chi connectivity index (χ0) is 11.5. The molecule has 0 bridgehead atoms. The average Bonchev–Trinajstić information content (AvgIpc) is 2.15. The van der Waals surface area contributed by atoms with E-state index in [0.29, 0.717) is 25.6 Å². The van der Waals surface area contributed by atoms with E-state index in [4.69, 9.17) is 20.9 Å². The molecule has 0 spiro atoms. The van der Waals surface area contributed by atoms with Crippen LogP contribution in [0.2, 0.25) is 6.32 Å². The summed E-state index contributed by atoms with van der Waals surface area (Å²) in [4.78, 5) is 10.9. The number of carbonyl (C=O) groups is 1. The highest BCUT2D eigenvalue weighted by Crippen LogP contribution is 2.33. The van der Waals surface area contributed by atoms with Crippen molar-refractivity contribution >= 4 is 13.1 Å². The van der Waals surface area contributed by atoms with Gasteiger partial charge in [-0.3, -0.25) is 4.79 Å². The molecule has 1 rings (SSSR count). The van der Waals surface area contributed by atoms with Crippen molar-refractivity contribution in [3.8, 4) is 0 Å². The first-order valence-electron chi connectivity index (χ1n) is 5.32. The standard InChI is InChI=1S/C9H18BNO4/c11-9(8(12)13)4-1-2-7(6-9)3-5-10(14)15/h7,14-15H,1-6,11H2,(H,12,13)/t7-,9?/m0/s1. The second kappa shape index (κ2) is 4.96. The second-order valence-corrected chi connectivity index (χ2v) is 4.48. The zero-order valence-corrected chi connectivity index (χ0v) is 8.72. The van der Waals surface area contributed by atoms with Gasteiger partial charge in [0.1, 0.15) is 5.54 Å². The van der Waals surface area contributed by atoms with Crippen LogP contribution in [0, 0.1) is 5.92 Å². The summed E-state index contributed by atoms with van der Waals surface area (Å²) in [6.45, 7) is 0. The van der Waals surface area contributed by atoms with Crippen LogP contribution in [0.15, 0.2) is 0 Å². The van der Waals surface area contributed by atoms with Gasteiger partial charge >= 0.3 is 13.1 Å². The summed E-state index contributed by atoms with van der Waals surface area (Å²) in [5.74, 6) is -0.751. The minimum Gasteiger partial charge on any atom is -0.480 e. The molecule has 0 aromatic heterocycles. The maximum Gasteiger partial charge on any atom is 0.451 e. The molecule has 0 saturated heterocycles. The Hall–Kier alpha value is -0.585. The van der Waals surface area contributed by atoms with Crippen LogP contribution >= 0.6 is 0 Å². The topological polar surface area (TPSA) is 104 Å². The van der Waals surface area contributed by atoms with Gasteiger partial charge in [-0.05, 0) is 25.1 Å². The van der Waals surface area contributed by atoms with E-state index in [9.17, 15) is 4.79 Å². The largest absolute Gasteiger partial charge is 0.480 e. The van der Waals surface area contributed by atoms with E-state index in [-0.39, 0.29) is 5.92 Å². The molecule has 2 atom stereocenters. The lowest BCUT2D eigenvalue weighted by molar-refractivity contribution is -0.145. The molecule has 0 amide bonds. The number of rotatable bonds is 4. The van der Waals surface area contributed by atoms with Gasteiger partial charge in [0, 0.05) is 0 Å². The van der Waals surface area contributed by atoms with Crippen LogP contribution in [0.5, 0.6) is 0 Å². The lowest BCUT2D eigenvalue weighted by atomic mass is 9.71. The predicted molar refractivity (Wildman–Crippen MR) is 56.1 cm³/mol. The van der Waals surface area contributed by atoms with E-state index in [0.717, 1.165) is 12.8 Å². The van der Waals surface area contributed by atoms with Crippen LogP contribution in [-0.4, -0.2) is 33.8 Å². The molecule has 0 aromatic rings. The fraction of sp³-hybridized carbons (Fsp3) is 0.889. The molecule has 1 unspecified atom stereocenters. The molecule has 6 heteroatoms. The number of nitrogens with two attached hydrogens (primary N) is 1. The van der Waals surface area contributed by atoms with Crippen LogP contribution in [0.25, 0.3) is 0 Å². The monoisotopic (exact) mass is 215 g/mol. The Balaban J connectivity index is 2.45. The molecule has 15 heavy (non-hydrogen) atoms. The molecule has 0 aromatic carbocycles. The van der Waals surface area contributed by atoms with Crippen molar-refractivity contribution in [2.24, 2.45) is 11.7 Å². The Bertz CT molecular complexity index is 236. The fourth-order valence-corrected chi connectivity index (χ4v) is 2.25. The number of hydrogen-bond donors (Lipinski definition) is 4. The zero-order valence-electron chi connectivity index (χ0n) is 8.72. The molecule has 0 aliphatic heterocycles. The van der Waals surface area contributed by atoms with Crippen molar-refractivity contribution in [3.05, 3.63) is 0 Å². The van der Waals surface area contributed by atoms with Crippen LogP contribution in [0.1, 0.15) is 32.1 Å². The Labute approximate surface area is 89.4 Å². The van der Waals surface area contributed by atoms with E-state index in [1.54, 1.807) is 0 Å². The predicted octanol–water partition coefficient (Wildman–Crippen LogP) is -0.178. The van der Waals surface area contributed by atoms with Gasteiger partial charge in [0.2, 0.25) is 0 Å². The van der Waals surface area contributed by atoms with Crippen molar-refractivity contribution in [1.82, 2.24) is 0 Å². The van der Waals surface area contributed by atoms with Gasteiger partial charge in [-0.25, -0.2) is 0 Å². The molecule has 86 valence electrons. The number of hydrogen-bond acceptors (Lipinski definition) is 4. The minimum absolute atomic E-state index is 0.196.